The Labute approximate surface area is 100 Å². The average Bonchev–Trinajstić information content (AvgIpc) is 2.39. The van der Waals surface area contributed by atoms with E-state index in [1.165, 1.54) is 5.57 Å². The molecule has 0 radical (unpaired) electrons. The van der Waals surface area contributed by atoms with Crippen molar-refractivity contribution in [3.05, 3.63) is 23.8 Å². The molecule has 0 amide bonds. The van der Waals surface area contributed by atoms with Crippen molar-refractivity contribution in [2.24, 2.45) is 16.7 Å². The number of hydrogen-bond acceptors (Lipinski definition) is 1. The highest BCUT2D eigenvalue weighted by molar-refractivity contribution is 5.22. The number of aliphatic hydroxyl groups excluding tert-OH is 1. The minimum Gasteiger partial charge on any atom is -0.396 e. The first kappa shape index (κ1) is 13.5. The van der Waals surface area contributed by atoms with Gasteiger partial charge in [-0.2, -0.15) is 0 Å². The smallest absolute Gasteiger partial charge is 0.0439 e. The first-order valence-electron chi connectivity index (χ1n) is 6.27. The van der Waals surface area contributed by atoms with E-state index < -0.39 is 0 Å². The summed E-state index contributed by atoms with van der Waals surface area (Å²) >= 11 is 0. The van der Waals surface area contributed by atoms with Crippen LogP contribution < -0.4 is 0 Å². The van der Waals surface area contributed by atoms with E-state index in [0.717, 1.165) is 12.8 Å². The molecule has 0 heterocycles. The van der Waals surface area contributed by atoms with E-state index in [-0.39, 0.29) is 12.0 Å². The first-order valence-corrected chi connectivity index (χ1v) is 6.27. The second-order valence-electron chi connectivity index (χ2n) is 6.27. The maximum atomic E-state index is 8.99. The lowest BCUT2D eigenvalue weighted by atomic mass is 9.76. The van der Waals surface area contributed by atoms with Crippen molar-refractivity contribution in [2.75, 3.05) is 6.61 Å². The van der Waals surface area contributed by atoms with E-state index in [1.54, 1.807) is 0 Å². The van der Waals surface area contributed by atoms with Crippen molar-refractivity contribution in [3.8, 4) is 0 Å². The fourth-order valence-corrected chi connectivity index (χ4v) is 2.22. The average molecular weight is 222 g/mol. The van der Waals surface area contributed by atoms with Crippen molar-refractivity contribution in [3.63, 3.8) is 0 Å². The topological polar surface area (TPSA) is 20.2 Å². The molecular formula is C15H26O. The summed E-state index contributed by atoms with van der Waals surface area (Å²) in [4.78, 5) is 0. The van der Waals surface area contributed by atoms with Crippen LogP contribution in [0.5, 0.6) is 0 Å². The van der Waals surface area contributed by atoms with E-state index >= 15 is 0 Å². The van der Waals surface area contributed by atoms with Crippen molar-refractivity contribution in [1.82, 2.24) is 0 Å². The van der Waals surface area contributed by atoms with Gasteiger partial charge in [0.2, 0.25) is 0 Å². The third-order valence-electron chi connectivity index (χ3n) is 4.16. The Morgan fingerprint density at radius 1 is 1.50 bits per heavy atom. The molecule has 0 spiro atoms. The van der Waals surface area contributed by atoms with Crippen LogP contribution in [0, 0.1) is 16.7 Å². The zero-order valence-electron chi connectivity index (χ0n) is 11.4. The normalized spacial score (nSPS) is 25.1. The van der Waals surface area contributed by atoms with Gasteiger partial charge >= 0.3 is 0 Å². The quantitative estimate of drug-likeness (QED) is 0.714. The summed E-state index contributed by atoms with van der Waals surface area (Å²) in [6, 6.07) is 0. The molecule has 0 aromatic heterocycles. The molecule has 16 heavy (non-hydrogen) atoms. The van der Waals surface area contributed by atoms with Crippen LogP contribution in [0.15, 0.2) is 23.8 Å². The maximum Gasteiger partial charge on any atom is 0.0439 e. The lowest BCUT2D eigenvalue weighted by molar-refractivity contribution is 0.240. The molecule has 0 fully saturated rings. The fourth-order valence-electron chi connectivity index (χ4n) is 2.22. The minimum atomic E-state index is 0.112. The predicted molar refractivity (Wildman–Crippen MR) is 70.3 cm³/mol. The molecular weight excluding hydrogens is 196 g/mol. The zero-order valence-corrected chi connectivity index (χ0v) is 11.4. The summed E-state index contributed by atoms with van der Waals surface area (Å²) in [6.07, 6.45) is 8.98. The highest BCUT2D eigenvalue weighted by Crippen LogP contribution is 2.44. The standard InChI is InChI=1S/C15H26O/c1-12-6-7-13(15(12,4)5)8-9-14(2,3)10-11-16/h6,8-9,13,16H,7,10-11H2,1-5H3. The molecule has 92 valence electrons. The van der Waals surface area contributed by atoms with Crippen LogP contribution >= 0.6 is 0 Å². The number of hydrogen-bond donors (Lipinski definition) is 1. The zero-order chi connectivity index (χ0) is 12.4. The summed E-state index contributed by atoms with van der Waals surface area (Å²) in [5, 5.41) is 8.99. The molecule has 1 N–H and O–H groups in total. The summed E-state index contributed by atoms with van der Waals surface area (Å²) < 4.78 is 0. The van der Waals surface area contributed by atoms with Gasteiger partial charge in [0.15, 0.2) is 0 Å². The van der Waals surface area contributed by atoms with E-state index in [2.05, 4.69) is 52.8 Å². The third kappa shape index (κ3) is 2.98. The predicted octanol–water partition coefficient (Wildman–Crippen LogP) is 3.94. The molecule has 1 heteroatoms. The van der Waals surface area contributed by atoms with Gasteiger partial charge in [-0.15, -0.1) is 0 Å². The van der Waals surface area contributed by atoms with E-state index in [9.17, 15) is 0 Å². The van der Waals surface area contributed by atoms with Crippen molar-refractivity contribution >= 4 is 0 Å². The molecule has 0 saturated heterocycles. The lowest BCUT2D eigenvalue weighted by Gasteiger charge is -2.28. The molecule has 1 rings (SSSR count). The Morgan fingerprint density at radius 3 is 2.56 bits per heavy atom. The first-order chi connectivity index (χ1) is 7.29. The Morgan fingerprint density at radius 2 is 2.12 bits per heavy atom. The summed E-state index contributed by atoms with van der Waals surface area (Å²) in [5.41, 5.74) is 1.91. The van der Waals surface area contributed by atoms with Crippen LogP contribution in [0.25, 0.3) is 0 Å². The lowest BCUT2D eigenvalue weighted by Crippen LogP contribution is -2.19. The Kier molecular flexibility index (Phi) is 4.01. The van der Waals surface area contributed by atoms with Crippen LogP contribution in [0.4, 0.5) is 0 Å². The second-order valence-corrected chi connectivity index (χ2v) is 6.27. The van der Waals surface area contributed by atoms with E-state index in [4.69, 9.17) is 5.11 Å². The van der Waals surface area contributed by atoms with E-state index in [1.807, 2.05) is 0 Å². The van der Waals surface area contributed by atoms with Gasteiger partial charge in [0, 0.05) is 6.61 Å². The monoisotopic (exact) mass is 222 g/mol. The Balaban J connectivity index is 2.66. The molecule has 1 aliphatic carbocycles. The molecule has 1 unspecified atom stereocenters. The van der Waals surface area contributed by atoms with Crippen LogP contribution in [-0.2, 0) is 0 Å². The summed E-state index contributed by atoms with van der Waals surface area (Å²) in [6.45, 7) is 11.5. The van der Waals surface area contributed by atoms with Crippen LogP contribution in [-0.4, -0.2) is 11.7 Å². The fraction of sp³-hybridized carbons (Fsp3) is 0.733. The molecule has 0 aliphatic heterocycles. The molecule has 0 saturated carbocycles. The number of rotatable bonds is 4. The highest BCUT2D eigenvalue weighted by Gasteiger charge is 2.33. The van der Waals surface area contributed by atoms with Gasteiger partial charge in [-0.1, -0.05) is 51.5 Å². The van der Waals surface area contributed by atoms with Gasteiger partial charge in [-0.25, -0.2) is 0 Å². The van der Waals surface area contributed by atoms with Gasteiger partial charge in [0.05, 0.1) is 0 Å². The Bertz CT molecular complexity index is 295. The van der Waals surface area contributed by atoms with Gasteiger partial charge in [0.1, 0.15) is 0 Å². The second kappa shape index (κ2) is 4.75. The molecule has 1 aliphatic rings. The minimum absolute atomic E-state index is 0.112. The molecule has 1 nitrogen and oxygen atoms in total. The summed E-state index contributed by atoms with van der Waals surface area (Å²) in [5.74, 6) is 0.616. The van der Waals surface area contributed by atoms with Crippen LogP contribution in [0.1, 0.15) is 47.5 Å². The molecule has 0 aromatic rings. The van der Waals surface area contributed by atoms with Crippen molar-refractivity contribution in [2.45, 2.75) is 47.5 Å². The highest BCUT2D eigenvalue weighted by atomic mass is 16.3. The van der Waals surface area contributed by atoms with E-state index in [0.29, 0.717) is 11.3 Å². The van der Waals surface area contributed by atoms with Gasteiger partial charge < -0.3 is 5.11 Å². The van der Waals surface area contributed by atoms with Gasteiger partial charge in [-0.05, 0) is 36.5 Å². The SMILES string of the molecule is CC1=CCC(C=CC(C)(C)CCO)C1(C)C. The largest absolute Gasteiger partial charge is 0.396 e. The molecule has 0 aromatic carbocycles. The molecule has 0 bridgehead atoms. The van der Waals surface area contributed by atoms with Crippen molar-refractivity contribution in [1.29, 1.82) is 0 Å². The van der Waals surface area contributed by atoms with Crippen LogP contribution in [0.3, 0.4) is 0 Å². The number of allylic oxidation sites excluding steroid dienone is 4. The van der Waals surface area contributed by atoms with Gasteiger partial charge in [-0.3, -0.25) is 0 Å². The van der Waals surface area contributed by atoms with Gasteiger partial charge in [0.25, 0.3) is 0 Å². The maximum absolute atomic E-state index is 8.99. The van der Waals surface area contributed by atoms with Crippen LogP contribution in [0.2, 0.25) is 0 Å². The summed E-state index contributed by atoms with van der Waals surface area (Å²) in [7, 11) is 0. The third-order valence-corrected chi connectivity index (χ3v) is 4.16. The molecule has 1 atom stereocenters. The Hall–Kier alpha value is -0.560. The number of aliphatic hydroxyl groups is 1. The van der Waals surface area contributed by atoms with Crippen molar-refractivity contribution < 1.29 is 5.11 Å².